The van der Waals surface area contributed by atoms with Crippen LogP contribution in [0, 0.1) is 23.7 Å². The molecule has 0 radical (unpaired) electrons. The first-order valence-corrected chi connectivity index (χ1v) is 12.5. The maximum atomic E-state index is 12.6. The van der Waals surface area contributed by atoms with E-state index in [-0.39, 0.29) is 16.8 Å². The summed E-state index contributed by atoms with van der Waals surface area (Å²) in [6, 6.07) is 11.7. The molecule has 0 saturated carbocycles. The summed E-state index contributed by atoms with van der Waals surface area (Å²) >= 11 is 3.08. The van der Waals surface area contributed by atoms with E-state index in [1.165, 1.54) is 19.1 Å². The number of anilines is 1. The third-order valence-corrected chi connectivity index (χ3v) is 5.12. The number of aliphatic carboxylic acids is 1. The van der Waals surface area contributed by atoms with Crippen molar-refractivity contribution in [1.29, 1.82) is 0 Å². The molecule has 0 aliphatic rings. The zero-order valence-corrected chi connectivity index (χ0v) is 22.8. The van der Waals surface area contributed by atoms with E-state index in [9.17, 15) is 24.3 Å². The molecule has 0 spiro atoms. The highest BCUT2D eigenvalue weighted by Crippen LogP contribution is 2.12. The van der Waals surface area contributed by atoms with E-state index in [1.807, 2.05) is 0 Å². The van der Waals surface area contributed by atoms with Crippen LogP contribution in [-0.4, -0.2) is 52.1 Å². The van der Waals surface area contributed by atoms with Crippen molar-refractivity contribution in [3.8, 4) is 23.7 Å². The zero-order valence-electron chi connectivity index (χ0n) is 21.3. The molecular weight excluding hydrogens is 556 g/mol. The van der Waals surface area contributed by atoms with Gasteiger partial charge in [0.1, 0.15) is 11.7 Å². The molecule has 2 unspecified atom stereocenters. The van der Waals surface area contributed by atoms with Crippen LogP contribution in [-0.2, 0) is 19.1 Å². The van der Waals surface area contributed by atoms with Gasteiger partial charge in [-0.1, -0.05) is 27.8 Å². The van der Waals surface area contributed by atoms with Gasteiger partial charge in [0.05, 0.1) is 5.33 Å². The molecule has 2 aromatic carbocycles. The first-order valence-electron chi connectivity index (χ1n) is 11.4. The van der Waals surface area contributed by atoms with E-state index < -0.39 is 35.8 Å². The second-order valence-corrected chi connectivity index (χ2v) is 9.47. The second-order valence-electron chi connectivity index (χ2n) is 8.91. The molecule has 2 aromatic rings. The van der Waals surface area contributed by atoms with Crippen molar-refractivity contribution in [3.05, 3.63) is 65.2 Å². The van der Waals surface area contributed by atoms with Gasteiger partial charge in [0.25, 0.3) is 5.91 Å². The fourth-order valence-corrected chi connectivity index (χ4v) is 2.98. The maximum absolute atomic E-state index is 12.6. The number of hydrogen-bond donors (Lipinski definition) is 3. The van der Waals surface area contributed by atoms with E-state index in [1.54, 1.807) is 57.2 Å². The number of halogens is 1. The Morgan fingerprint density at radius 1 is 0.947 bits per heavy atom. The average molecular weight is 583 g/mol. The predicted octanol–water partition coefficient (Wildman–Crippen LogP) is 3.95. The van der Waals surface area contributed by atoms with Crippen molar-refractivity contribution in [3.63, 3.8) is 0 Å². The summed E-state index contributed by atoms with van der Waals surface area (Å²) in [5.41, 5.74) is 1.37. The molecule has 0 aliphatic carbocycles. The lowest BCUT2D eigenvalue weighted by Crippen LogP contribution is -2.49. The van der Waals surface area contributed by atoms with Gasteiger partial charge in [-0.05, 0) is 88.1 Å². The Morgan fingerprint density at radius 3 is 1.95 bits per heavy atom. The quantitative estimate of drug-likeness (QED) is 0.256. The highest BCUT2D eigenvalue weighted by atomic mass is 79.9. The summed E-state index contributed by atoms with van der Waals surface area (Å²) in [4.78, 5) is 47.5. The smallest absolute Gasteiger partial charge is 0.480 e. The van der Waals surface area contributed by atoms with Crippen molar-refractivity contribution in [2.75, 3.05) is 10.6 Å². The van der Waals surface area contributed by atoms with Crippen molar-refractivity contribution in [2.24, 2.45) is 0 Å². The number of carbonyl (C=O) groups is 4. The predicted molar refractivity (Wildman–Crippen MR) is 145 cm³/mol. The van der Waals surface area contributed by atoms with Gasteiger partial charge in [-0.15, -0.1) is 0 Å². The standard InChI is InChI=1S/C28H27BrN2O7/c1-18(37-27(36)38-28(2,3)4)24(26(34)35)31-25(33)21-13-9-19(10-14-21)7-5-6-8-20-11-15-22(16-12-20)30-23(32)17-29/h9-16,18,24H,17H2,1-4H3,(H,30,32)(H,31,33)(H,34,35). The lowest BCUT2D eigenvalue weighted by Gasteiger charge is -2.24. The van der Waals surface area contributed by atoms with Crippen LogP contribution in [0.3, 0.4) is 0 Å². The number of hydrogen-bond acceptors (Lipinski definition) is 6. The van der Waals surface area contributed by atoms with E-state index in [0.717, 1.165) is 5.56 Å². The van der Waals surface area contributed by atoms with Crippen LogP contribution in [0.4, 0.5) is 10.5 Å². The van der Waals surface area contributed by atoms with Crippen molar-refractivity contribution < 1.29 is 33.8 Å². The van der Waals surface area contributed by atoms with Crippen molar-refractivity contribution >= 4 is 45.6 Å². The molecule has 2 amide bonds. The van der Waals surface area contributed by atoms with Gasteiger partial charge >= 0.3 is 12.1 Å². The summed E-state index contributed by atoms with van der Waals surface area (Å²) in [5.74, 6) is 9.04. The van der Waals surface area contributed by atoms with Crippen LogP contribution in [0.15, 0.2) is 48.5 Å². The Balaban J connectivity index is 1.98. The van der Waals surface area contributed by atoms with Crippen LogP contribution >= 0.6 is 15.9 Å². The van der Waals surface area contributed by atoms with Crippen LogP contribution < -0.4 is 10.6 Å². The fourth-order valence-electron chi connectivity index (χ4n) is 2.84. The highest BCUT2D eigenvalue weighted by molar-refractivity contribution is 9.09. The fraction of sp³-hybridized carbons (Fsp3) is 0.286. The Labute approximate surface area is 229 Å². The van der Waals surface area contributed by atoms with Gasteiger partial charge in [0.2, 0.25) is 5.91 Å². The number of nitrogens with one attached hydrogen (secondary N) is 2. The van der Waals surface area contributed by atoms with E-state index in [2.05, 4.69) is 50.2 Å². The highest BCUT2D eigenvalue weighted by Gasteiger charge is 2.31. The molecule has 0 bridgehead atoms. The molecule has 10 heteroatoms. The summed E-state index contributed by atoms with van der Waals surface area (Å²) in [6.45, 7) is 6.28. The van der Waals surface area contributed by atoms with Gasteiger partial charge < -0.3 is 25.2 Å². The molecular formula is C28H27BrN2O7. The first kappa shape index (κ1) is 29.9. The zero-order chi connectivity index (χ0) is 28.3. The van der Waals surface area contributed by atoms with Crippen LogP contribution in [0.2, 0.25) is 0 Å². The molecule has 38 heavy (non-hydrogen) atoms. The molecule has 198 valence electrons. The van der Waals surface area contributed by atoms with Crippen LogP contribution in [0.25, 0.3) is 0 Å². The topological polar surface area (TPSA) is 131 Å². The molecule has 0 aromatic heterocycles. The first-order chi connectivity index (χ1) is 17.9. The van der Waals surface area contributed by atoms with Crippen molar-refractivity contribution in [2.45, 2.75) is 45.4 Å². The Kier molecular flexibility index (Phi) is 10.9. The largest absolute Gasteiger partial charge is 0.509 e. The van der Waals surface area contributed by atoms with Crippen LogP contribution in [0.1, 0.15) is 49.2 Å². The minimum Gasteiger partial charge on any atom is -0.480 e. The Bertz CT molecular complexity index is 1290. The Morgan fingerprint density at radius 2 is 1.47 bits per heavy atom. The molecule has 2 rings (SSSR count). The number of amides is 2. The molecule has 0 fully saturated rings. The number of benzene rings is 2. The van der Waals surface area contributed by atoms with Gasteiger partial charge in [-0.3, -0.25) is 9.59 Å². The maximum Gasteiger partial charge on any atom is 0.509 e. The van der Waals surface area contributed by atoms with Gasteiger partial charge in [0, 0.05) is 22.4 Å². The van der Waals surface area contributed by atoms with Crippen molar-refractivity contribution in [1.82, 2.24) is 5.32 Å². The van der Waals surface area contributed by atoms with Gasteiger partial charge in [0.15, 0.2) is 6.04 Å². The lowest BCUT2D eigenvalue weighted by molar-refractivity contribution is -0.142. The SMILES string of the molecule is CC(OC(=O)OC(C)(C)C)C(NC(=O)c1ccc(C#CC#Cc2ccc(NC(=O)CBr)cc2)cc1)C(=O)O. The van der Waals surface area contributed by atoms with Gasteiger partial charge in [-0.25, -0.2) is 9.59 Å². The molecule has 0 heterocycles. The number of carboxylic acid groups (broad SMARTS) is 1. The molecule has 2 atom stereocenters. The molecule has 0 aliphatic heterocycles. The number of alkyl halides is 1. The Hall–Kier alpha value is -4.28. The molecule has 3 N–H and O–H groups in total. The van der Waals surface area contributed by atoms with E-state index in [4.69, 9.17) is 9.47 Å². The molecule has 9 nitrogen and oxygen atoms in total. The number of carboxylic acids is 1. The molecule has 0 saturated heterocycles. The number of carbonyl (C=O) groups excluding carboxylic acids is 3. The summed E-state index contributed by atoms with van der Waals surface area (Å²) in [7, 11) is 0. The third kappa shape index (κ3) is 10.4. The number of rotatable bonds is 7. The second kappa shape index (κ2) is 13.9. The normalized spacial score (nSPS) is 11.8. The summed E-state index contributed by atoms with van der Waals surface area (Å²) in [5, 5.41) is 14.8. The summed E-state index contributed by atoms with van der Waals surface area (Å²) < 4.78 is 10.0. The van der Waals surface area contributed by atoms with E-state index in [0.29, 0.717) is 11.3 Å². The monoisotopic (exact) mass is 582 g/mol. The number of ether oxygens (including phenoxy) is 2. The summed E-state index contributed by atoms with van der Waals surface area (Å²) in [6.07, 6.45) is -2.22. The minimum absolute atomic E-state index is 0.151. The lowest BCUT2D eigenvalue weighted by atomic mass is 10.1. The van der Waals surface area contributed by atoms with Gasteiger partial charge in [-0.2, -0.15) is 0 Å². The van der Waals surface area contributed by atoms with E-state index >= 15 is 0 Å². The average Bonchev–Trinajstić information content (AvgIpc) is 2.84. The minimum atomic E-state index is -1.49. The van der Waals surface area contributed by atoms with Crippen LogP contribution in [0.5, 0.6) is 0 Å². The third-order valence-electron chi connectivity index (χ3n) is 4.61.